The number of hydroxylamine groups is 1. The molecule has 0 unspecified atom stereocenters. The summed E-state index contributed by atoms with van der Waals surface area (Å²) in [4.78, 5) is 17.2. The maximum absolute atomic E-state index is 12.4. The van der Waals surface area contributed by atoms with Gasteiger partial charge in [0.05, 0.1) is 18.6 Å². The minimum Gasteiger partial charge on any atom is -0.494 e. The standard InChI is InChI=1S/C19H24N2O5S/c1-5-12-26-16-8-11-18(14(2)13-16)20-19(22)15-6-9-17(10-7-15)27(23,24)21(3)25-4/h6-11,13H,5,12H2,1-4H3,(H,20,22). The average molecular weight is 392 g/mol. The second kappa shape index (κ2) is 8.98. The van der Waals surface area contributed by atoms with Crippen molar-refractivity contribution < 1.29 is 22.8 Å². The highest BCUT2D eigenvalue weighted by Crippen LogP contribution is 2.22. The first-order chi connectivity index (χ1) is 12.8. The number of nitrogens with zero attached hydrogens (tertiary/aromatic N) is 1. The summed E-state index contributed by atoms with van der Waals surface area (Å²) >= 11 is 0. The molecule has 146 valence electrons. The largest absolute Gasteiger partial charge is 0.494 e. The van der Waals surface area contributed by atoms with Crippen molar-refractivity contribution in [2.24, 2.45) is 0 Å². The monoisotopic (exact) mass is 392 g/mol. The Hall–Kier alpha value is -2.42. The molecule has 0 spiro atoms. The summed E-state index contributed by atoms with van der Waals surface area (Å²) in [5.41, 5.74) is 1.89. The molecule has 0 fully saturated rings. The highest BCUT2D eigenvalue weighted by atomic mass is 32.2. The summed E-state index contributed by atoms with van der Waals surface area (Å²) in [5, 5.41) is 2.82. The number of hydrogen-bond donors (Lipinski definition) is 1. The van der Waals surface area contributed by atoms with E-state index in [9.17, 15) is 13.2 Å². The number of ether oxygens (including phenoxy) is 1. The zero-order valence-electron chi connectivity index (χ0n) is 15.9. The van der Waals surface area contributed by atoms with E-state index >= 15 is 0 Å². The second-order valence-corrected chi connectivity index (χ2v) is 7.84. The molecule has 0 aliphatic rings. The van der Waals surface area contributed by atoms with Crippen LogP contribution in [0.2, 0.25) is 0 Å². The molecule has 0 heterocycles. The first kappa shape index (κ1) is 20.9. The predicted molar refractivity (Wildman–Crippen MR) is 103 cm³/mol. The fourth-order valence-corrected chi connectivity index (χ4v) is 3.28. The molecule has 0 aromatic heterocycles. The number of benzene rings is 2. The zero-order valence-corrected chi connectivity index (χ0v) is 16.7. The number of rotatable bonds is 8. The van der Waals surface area contributed by atoms with Gasteiger partial charge in [-0.15, -0.1) is 0 Å². The number of carbonyl (C=O) groups is 1. The summed E-state index contributed by atoms with van der Waals surface area (Å²) in [6.07, 6.45) is 0.920. The Morgan fingerprint density at radius 3 is 2.37 bits per heavy atom. The number of sulfonamides is 1. The third-order valence-electron chi connectivity index (χ3n) is 3.93. The minimum absolute atomic E-state index is 0.0389. The molecular formula is C19H24N2O5S. The molecule has 0 aliphatic heterocycles. The fraction of sp³-hybridized carbons (Fsp3) is 0.316. The molecule has 7 nitrogen and oxygen atoms in total. The predicted octanol–water partition coefficient (Wildman–Crippen LogP) is 3.22. The van der Waals surface area contributed by atoms with E-state index in [0.717, 1.165) is 22.2 Å². The minimum atomic E-state index is -3.74. The van der Waals surface area contributed by atoms with Crippen molar-refractivity contribution in [1.29, 1.82) is 0 Å². The van der Waals surface area contributed by atoms with Crippen LogP contribution >= 0.6 is 0 Å². The highest BCUT2D eigenvalue weighted by Gasteiger charge is 2.21. The second-order valence-electron chi connectivity index (χ2n) is 5.90. The number of carbonyl (C=O) groups excluding carboxylic acids is 1. The Labute approximate surface area is 159 Å². The van der Waals surface area contributed by atoms with E-state index in [-0.39, 0.29) is 10.8 Å². The van der Waals surface area contributed by atoms with Gasteiger partial charge in [0.15, 0.2) is 0 Å². The molecule has 27 heavy (non-hydrogen) atoms. The lowest BCUT2D eigenvalue weighted by Crippen LogP contribution is -2.25. The quantitative estimate of drug-likeness (QED) is 0.697. The van der Waals surface area contributed by atoms with E-state index < -0.39 is 10.0 Å². The van der Waals surface area contributed by atoms with Crippen LogP contribution in [0.4, 0.5) is 5.69 Å². The molecular weight excluding hydrogens is 368 g/mol. The SMILES string of the molecule is CCCOc1ccc(NC(=O)c2ccc(S(=O)(=O)N(C)OC)cc2)c(C)c1. The van der Waals surface area contributed by atoms with Gasteiger partial charge in [0, 0.05) is 18.3 Å². The smallest absolute Gasteiger partial charge is 0.264 e. The molecule has 0 bridgehead atoms. The van der Waals surface area contributed by atoms with Gasteiger partial charge in [-0.3, -0.25) is 9.63 Å². The number of aryl methyl sites for hydroxylation is 1. The van der Waals surface area contributed by atoms with Crippen LogP contribution in [0.5, 0.6) is 5.75 Å². The van der Waals surface area contributed by atoms with E-state index in [1.165, 1.54) is 38.4 Å². The normalized spacial score (nSPS) is 11.4. The topological polar surface area (TPSA) is 84.9 Å². The maximum Gasteiger partial charge on any atom is 0.264 e. The molecule has 0 aliphatic carbocycles. The highest BCUT2D eigenvalue weighted by molar-refractivity contribution is 7.89. The Morgan fingerprint density at radius 2 is 1.81 bits per heavy atom. The molecule has 2 rings (SSSR count). The van der Waals surface area contributed by atoms with Crippen molar-refractivity contribution in [3.63, 3.8) is 0 Å². The van der Waals surface area contributed by atoms with Crippen molar-refractivity contribution in [3.05, 3.63) is 53.6 Å². The van der Waals surface area contributed by atoms with Gasteiger partial charge in [-0.05, 0) is 61.4 Å². The van der Waals surface area contributed by atoms with Gasteiger partial charge in [-0.25, -0.2) is 8.42 Å². The van der Waals surface area contributed by atoms with Crippen LogP contribution in [0.25, 0.3) is 0 Å². The summed E-state index contributed by atoms with van der Waals surface area (Å²) in [6, 6.07) is 11.1. The Morgan fingerprint density at radius 1 is 1.15 bits per heavy atom. The van der Waals surface area contributed by atoms with E-state index in [1.807, 2.05) is 19.9 Å². The first-order valence-electron chi connectivity index (χ1n) is 8.47. The van der Waals surface area contributed by atoms with Crippen LogP contribution in [0.3, 0.4) is 0 Å². The van der Waals surface area contributed by atoms with Gasteiger partial charge in [0.2, 0.25) is 0 Å². The number of hydrogen-bond acceptors (Lipinski definition) is 5. The molecule has 2 aromatic carbocycles. The number of anilines is 1. The average Bonchev–Trinajstić information content (AvgIpc) is 2.67. The fourth-order valence-electron chi connectivity index (χ4n) is 2.31. The van der Waals surface area contributed by atoms with Crippen molar-refractivity contribution in [2.45, 2.75) is 25.2 Å². The number of nitrogens with one attached hydrogen (secondary N) is 1. The van der Waals surface area contributed by atoms with Crippen LogP contribution in [0, 0.1) is 6.92 Å². The zero-order chi connectivity index (χ0) is 20.0. The summed E-state index contributed by atoms with van der Waals surface area (Å²) in [5.74, 6) is 0.425. The molecule has 0 saturated carbocycles. The van der Waals surface area contributed by atoms with Crippen LogP contribution in [-0.4, -0.2) is 39.6 Å². The third-order valence-corrected chi connectivity index (χ3v) is 5.62. The van der Waals surface area contributed by atoms with Crippen LogP contribution in [0.15, 0.2) is 47.4 Å². The van der Waals surface area contributed by atoms with E-state index in [0.29, 0.717) is 17.9 Å². The van der Waals surface area contributed by atoms with Gasteiger partial charge in [-0.2, -0.15) is 0 Å². The number of amides is 1. The van der Waals surface area contributed by atoms with Crippen molar-refractivity contribution in [1.82, 2.24) is 4.47 Å². The molecule has 0 radical (unpaired) electrons. The van der Waals surface area contributed by atoms with E-state index in [2.05, 4.69) is 5.32 Å². The lowest BCUT2D eigenvalue weighted by atomic mass is 10.1. The maximum atomic E-state index is 12.4. The Bertz CT molecular complexity index is 895. The molecule has 1 amide bonds. The van der Waals surface area contributed by atoms with Crippen LogP contribution in [0.1, 0.15) is 29.3 Å². The molecule has 1 N–H and O–H groups in total. The first-order valence-corrected chi connectivity index (χ1v) is 9.91. The van der Waals surface area contributed by atoms with Gasteiger partial charge in [-0.1, -0.05) is 11.4 Å². The molecule has 8 heteroatoms. The van der Waals surface area contributed by atoms with Crippen molar-refractivity contribution >= 4 is 21.6 Å². The molecule has 0 atom stereocenters. The van der Waals surface area contributed by atoms with Crippen LogP contribution in [-0.2, 0) is 14.9 Å². The van der Waals surface area contributed by atoms with E-state index in [1.54, 1.807) is 12.1 Å². The summed E-state index contributed by atoms with van der Waals surface area (Å²) in [6.45, 7) is 4.55. The van der Waals surface area contributed by atoms with Gasteiger partial charge >= 0.3 is 0 Å². The van der Waals surface area contributed by atoms with Crippen molar-refractivity contribution in [2.75, 3.05) is 26.1 Å². The Balaban J connectivity index is 2.13. The summed E-state index contributed by atoms with van der Waals surface area (Å²) in [7, 11) is -1.18. The molecule has 2 aromatic rings. The lowest BCUT2D eigenvalue weighted by molar-refractivity contribution is -0.0258. The van der Waals surface area contributed by atoms with Gasteiger partial charge in [0.1, 0.15) is 5.75 Å². The van der Waals surface area contributed by atoms with Gasteiger partial charge in [0.25, 0.3) is 15.9 Å². The van der Waals surface area contributed by atoms with Crippen molar-refractivity contribution in [3.8, 4) is 5.75 Å². The van der Waals surface area contributed by atoms with Gasteiger partial charge < -0.3 is 10.1 Å². The third kappa shape index (κ3) is 5.06. The lowest BCUT2D eigenvalue weighted by Gasteiger charge is -2.14. The molecule has 0 saturated heterocycles. The Kier molecular flexibility index (Phi) is 6.95. The summed E-state index contributed by atoms with van der Waals surface area (Å²) < 4.78 is 30.7. The van der Waals surface area contributed by atoms with E-state index in [4.69, 9.17) is 9.57 Å². The van der Waals surface area contributed by atoms with Crippen LogP contribution < -0.4 is 10.1 Å².